The molecule has 0 heterocycles. The first-order chi connectivity index (χ1) is 6.79. The van der Waals surface area contributed by atoms with Crippen molar-refractivity contribution in [2.75, 3.05) is 0 Å². The number of hydrogen-bond donors (Lipinski definition) is 1. The maximum atomic E-state index is 12.3. The molecule has 2 atom stereocenters. The van der Waals surface area contributed by atoms with E-state index in [0.29, 0.717) is 12.8 Å². The van der Waals surface area contributed by atoms with Crippen molar-refractivity contribution in [2.45, 2.75) is 51.7 Å². The molecular weight excluding hydrogens is 204 g/mol. The Morgan fingerprint density at radius 2 is 2.00 bits per heavy atom. The van der Waals surface area contributed by atoms with Crippen LogP contribution in [0.3, 0.4) is 0 Å². The van der Waals surface area contributed by atoms with Crippen molar-refractivity contribution in [3.05, 3.63) is 0 Å². The monoisotopic (exact) mass is 221 g/mol. The number of rotatable bonds is 2. The number of halogens is 2. The molecule has 1 saturated carbocycles. The molecule has 1 aliphatic carbocycles. The maximum absolute atomic E-state index is 12.3. The molecule has 0 aliphatic heterocycles. The first-order valence-electron chi connectivity index (χ1n) is 5.07. The summed E-state index contributed by atoms with van der Waals surface area (Å²) in [5.41, 5.74) is -0.589. The molecule has 1 amide bonds. The van der Waals surface area contributed by atoms with Gasteiger partial charge < -0.3 is 10.1 Å². The van der Waals surface area contributed by atoms with E-state index in [1.165, 1.54) is 0 Å². The van der Waals surface area contributed by atoms with E-state index in [1.807, 2.05) is 0 Å². The first kappa shape index (κ1) is 12.2. The maximum Gasteiger partial charge on any atom is 0.407 e. The third-order valence-corrected chi connectivity index (χ3v) is 2.35. The Morgan fingerprint density at radius 3 is 2.33 bits per heavy atom. The summed E-state index contributed by atoms with van der Waals surface area (Å²) in [5, 5.41) is 2.46. The van der Waals surface area contributed by atoms with E-state index in [1.54, 1.807) is 20.8 Å². The van der Waals surface area contributed by atoms with Gasteiger partial charge in [-0.3, -0.25) is 0 Å². The second-order valence-electron chi connectivity index (χ2n) is 4.83. The fourth-order valence-electron chi connectivity index (χ4n) is 1.47. The van der Waals surface area contributed by atoms with E-state index < -0.39 is 30.1 Å². The topological polar surface area (TPSA) is 38.3 Å². The third-order valence-electron chi connectivity index (χ3n) is 2.35. The highest BCUT2D eigenvalue weighted by Gasteiger charge is 2.39. The quantitative estimate of drug-likeness (QED) is 0.778. The number of carbonyl (C=O) groups excluding carboxylic acids is 1. The van der Waals surface area contributed by atoms with Gasteiger partial charge in [0, 0.05) is 12.0 Å². The summed E-state index contributed by atoms with van der Waals surface area (Å²) >= 11 is 0. The van der Waals surface area contributed by atoms with E-state index in [-0.39, 0.29) is 0 Å². The Kier molecular flexibility index (Phi) is 3.52. The second kappa shape index (κ2) is 4.33. The molecule has 0 saturated heterocycles. The molecule has 0 aromatic carbocycles. The Bertz CT molecular complexity index is 238. The number of hydrogen-bond acceptors (Lipinski definition) is 2. The van der Waals surface area contributed by atoms with Crippen LogP contribution in [0, 0.1) is 5.92 Å². The van der Waals surface area contributed by atoms with Gasteiger partial charge in [-0.15, -0.1) is 0 Å². The Hall–Kier alpha value is -0.870. The van der Waals surface area contributed by atoms with Crippen LogP contribution >= 0.6 is 0 Å². The molecule has 0 radical (unpaired) electrons. The average Bonchev–Trinajstić information content (AvgIpc) is 1.93. The van der Waals surface area contributed by atoms with Crippen molar-refractivity contribution in [3.63, 3.8) is 0 Å². The normalized spacial score (nSPS) is 26.0. The fourth-order valence-corrected chi connectivity index (χ4v) is 1.47. The van der Waals surface area contributed by atoms with Gasteiger partial charge in [-0.1, -0.05) is 0 Å². The highest BCUT2D eigenvalue weighted by molar-refractivity contribution is 5.68. The van der Waals surface area contributed by atoms with Crippen LogP contribution in [-0.2, 0) is 4.74 Å². The number of amides is 1. The minimum absolute atomic E-state index is 0.431. The molecule has 0 unspecified atom stereocenters. The van der Waals surface area contributed by atoms with Gasteiger partial charge in [0.15, 0.2) is 0 Å². The van der Waals surface area contributed by atoms with Crippen LogP contribution in [-0.4, -0.2) is 24.2 Å². The van der Waals surface area contributed by atoms with Crippen LogP contribution in [0.15, 0.2) is 0 Å². The largest absolute Gasteiger partial charge is 0.444 e. The second-order valence-corrected chi connectivity index (χ2v) is 4.83. The molecule has 0 bridgehead atoms. The molecule has 0 aromatic heterocycles. The molecule has 1 N–H and O–H groups in total. The van der Waals surface area contributed by atoms with Crippen LogP contribution in [0.2, 0.25) is 0 Å². The van der Waals surface area contributed by atoms with Crippen LogP contribution in [0.5, 0.6) is 0 Å². The molecule has 15 heavy (non-hydrogen) atoms. The highest BCUT2D eigenvalue weighted by Crippen LogP contribution is 2.32. The highest BCUT2D eigenvalue weighted by atomic mass is 19.3. The minimum Gasteiger partial charge on any atom is -0.444 e. The number of carbonyl (C=O) groups is 1. The molecule has 5 heteroatoms. The molecular formula is C10H17F2NO2. The van der Waals surface area contributed by atoms with Gasteiger partial charge in [-0.05, 0) is 33.6 Å². The summed E-state index contributed by atoms with van der Waals surface area (Å²) in [7, 11) is 0. The molecule has 0 spiro atoms. The van der Waals surface area contributed by atoms with Gasteiger partial charge in [-0.25, -0.2) is 13.6 Å². The molecule has 1 fully saturated rings. The Labute approximate surface area is 88.2 Å². The zero-order valence-electron chi connectivity index (χ0n) is 9.22. The van der Waals surface area contributed by atoms with Gasteiger partial charge in [0.25, 0.3) is 0 Å². The van der Waals surface area contributed by atoms with Crippen molar-refractivity contribution < 1.29 is 18.3 Å². The zero-order valence-corrected chi connectivity index (χ0v) is 9.22. The predicted octanol–water partition coefficient (Wildman–Crippen LogP) is 2.55. The first-order valence-corrected chi connectivity index (χ1v) is 5.07. The van der Waals surface area contributed by atoms with Crippen molar-refractivity contribution >= 4 is 6.09 Å². The lowest BCUT2D eigenvalue weighted by Gasteiger charge is -2.36. The lowest BCUT2D eigenvalue weighted by molar-refractivity contribution is -0.00116. The van der Waals surface area contributed by atoms with Crippen LogP contribution in [0.25, 0.3) is 0 Å². The molecule has 88 valence electrons. The minimum atomic E-state index is -2.36. The third kappa shape index (κ3) is 3.64. The standard InChI is InChI=1S/C10H17F2NO2/c1-10(2,3)15-9(14)13-7-5-4-6(7)8(11)12/h6-8H,4-5H2,1-3H3,(H,13,14)/t6-,7+/m1/s1. The summed E-state index contributed by atoms with van der Waals surface area (Å²) in [4.78, 5) is 11.3. The smallest absolute Gasteiger partial charge is 0.407 e. The molecule has 0 aromatic rings. The van der Waals surface area contributed by atoms with Crippen molar-refractivity contribution in [3.8, 4) is 0 Å². The van der Waals surface area contributed by atoms with Crippen molar-refractivity contribution in [1.29, 1.82) is 0 Å². The summed E-state index contributed by atoms with van der Waals surface area (Å²) < 4.78 is 29.6. The van der Waals surface area contributed by atoms with Gasteiger partial charge in [-0.2, -0.15) is 0 Å². The lowest BCUT2D eigenvalue weighted by atomic mass is 9.80. The zero-order chi connectivity index (χ0) is 11.6. The fraction of sp³-hybridized carbons (Fsp3) is 0.900. The van der Waals surface area contributed by atoms with E-state index in [9.17, 15) is 13.6 Å². The van der Waals surface area contributed by atoms with Crippen molar-refractivity contribution in [1.82, 2.24) is 5.32 Å². The van der Waals surface area contributed by atoms with E-state index in [2.05, 4.69) is 5.32 Å². The summed E-state index contributed by atoms with van der Waals surface area (Å²) in [5.74, 6) is -0.711. The van der Waals surface area contributed by atoms with E-state index in [0.717, 1.165) is 0 Å². The lowest BCUT2D eigenvalue weighted by Crippen LogP contribution is -2.50. The number of nitrogens with one attached hydrogen (secondary N) is 1. The number of alkyl halides is 2. The van der Waals surface area contributed by atoms with Crippen LogP contribution in [0.1, 0.15) is 33.6 Å². The van der Waals surface area contributed by atoms with Gasteiger partial charge >= 0.3 is 6.09 Å². The van der Waals surface area contributed by atoms with Crippen LogP contribution in [0.4, 0.5) is 13.6 Å². The van der Waals surface area contributed by atoms with Gasteiger partial charge in [0.1, 0.15) is 5.60 Å². The molecule has 1 rings (SSSR count). The Morgan fingerprint density at radius 1 is 1.40 bits per heavy atom. The molecule has 3 nitrogen and oxygen atoms in total. The Balaban J connectivity index is 2.33. The molecule has 1 aliphatic rings. The van der Waals surface area contributed by atoms with Crippen molar-refractivity contribution in [2.24, 2.45) is 5.92 Å². The van der Waals surface area contributed by atoms with Gasteiger partial charge in [0.2, 0.25) is 6.43 Å². The number of ether oxygens (including phenoxy) is 1. The summed E-state index contributed by atoms with van der Waals surface area (Å²) in [6.07, 6.45) is -1.90. The number of alkyl carbamates (subject to hydrolysis) is 1. The summed E-state index contributed by atoms with van der Waals surface area (Å²) in [6, 6.07) is -0.431. The summed E-state index contributed by atoms with van der Waals surface area (Å²) in [6.45, 7) is 5.20. The average molecular weight is 221 g/mol. The predicted molar refractivity (Wildman–Crippen MR) is 51.9 cm³/mol. The SMILES string of the molecule is CC(C)(C)OC(=O)N[C@H]1CC[C@H]1C(F)F. The van der Waals surface area contributed by atoms with Crippen LogP contribution < -0.4 is 5.32 Å². The van der Waals surface area contributed by atoms with E-state index >= 15 is 0 Å². The van der Waals surface area contributed by atoms with Gasteiger partial charge in [0.05, 0.1) is 0 Å². The van der Waals surface area contributed by atoms with E-state index in [4.69, 9.17) is 4.74 Å².